The topological polar surface area (TPSA) is 95.5 Å². The number of carbonyl (C=O) groups excluding carboxylic acids is 2. The molecule has 2 saturated carbocycles. The summed E-state index contributed by atoms with van der Waals surface area (Å²) in [6, 6.07) is 4.06. The lowest BCUT2D eigenvalue weighted by Gasteiger charge is -2.21. The van der Waals surface area contributed by atoms with Gasteiger partial charge in [0.05, 0.1) is 11.6 Å². The summed E-state index contributed by atoms with van der Waals surface area (Å²) in [5.41, 5.74) is 0.442. The molecule has 3 rings (SSSR count). The van der Waals surface area contributed by atoms with Crippen molar-refractivity contribution in [3.8, 4) is 0 Å². The van der Waals surface area contributed by atoms with Crippen molar-refractivity contribution in [2.45, 2.75) is 51.4 Å². The zero-order valence-electron chi connectivity index (χ0n) is 15.2. The first kappa shape index (κ1) is 19.3. The van der Waals surface area contributed by atoms with Crippen LogP contribution >= 0.6 is 0 Å². The first-order chi connectivity index (χ1) is 12.9. The molecular weight excluding hydrogens is 351 g/mol. The number of rotatable bonds is 5. The van der Waals surface area contributed by atoms with E-state index in [2.05, 4.69) is 10.6 Å². The van der Waals surface area contributed by atoms with Crippen molar-refractivity contribution in [1.29, 1.82) is 0 Å². The SMILES string of the molecule is O=C(Nc1cc(NC(=O)[C@H]2CC[C@@H](C(=O)O)C2)ccc1F)C1CCCCC1. The predicted octanol–water partition coefficient (Wildman–Crippen LogP) is 3.78. The third-order valence-electron chi connectivity index (χ3n) is 5.62. The zero-order chi connectivity index (χ0) is 19.4. The first-order valence-corrected chi connectivity index (χ1v) is 9.58. The van der Waals surface area contributed by atoms with Crippen LogP contribution in [0.3, 0.4) is 0 Å². The van der Waals surface area contributed by atoms with E-state index in [9.17, 15) is 18.8 Å². The van der Waals surface area contributed by atoms with Crippen molar-refractivity contribution in [1.82, 2.24) is 0 Å². The number of hydrogen-bond donors (Lipinski definition) is 3. The molecule has 2 aliphatic carbocycles. The second-order valence-corrected chi connectivity index (χ2v) is 7.55. The highest BCUT2D eigenvalue weighted by molar-refractivity contribution is 5.96. The van der Waals surface area contributed by atoms with Gasteiger partial charge in [-0.2, -0.15) is 0 Å². The highest BCUT2D eigenvalue weighted by Crippen LogP contribution is 2.32. The number of carboxylic acid groups (broad SMARTS) is 1. The van der Waals surface area contributed by atoms with Crippen LogP contribution in [-0.2, 0) is 14.4 Å². The lowest BCUT2D eigenvalue weighted by atomic mass is 9.88. The van der Waals surface area contributed by atoms with E-state index in [1.165, 1.54) is 18.2 Å². The Kier molecular flexibility index (Phi) is 6.08. The molecule has 0 aliphatic heterocycles. The molecule has 1 aromatic carbocycles. The number of aliphatic carboxylic acids is 1. The Balaban J connectivity index is 1.62. The van der Waals surface area contributed by atoms with Crippen LogP contribution in [0.1, 0.15) is 51.4 Å². The largest absolute Gasteiger partial charge is 0.481 e. The molecule has 2 aliphatic rings. The maximum absolute atomic E-state index is 14.1. The molecule has 7 heteroatoms. The van der Waals surface area contributed by atoms with Gasteiger partial charge in [-0.1, -0.05) is 19.3 Å². The molecule has 27 heavy (non-hydrogen) atoms. The van der Waals surface area contributed by atoms with Gasteiger partial charge in [0.2, 0.25) is 11.8 Å². The Morgan fingerprint density at radius 1 is 0.889 bits per heavy atom. The smallest absolute Gasteiger partial charge is 0.306 e. The summed E-state index contributed by atoms with van der Waals surface area (Å²) in [6.07, 6.45) is 6.10. The van der Waals surface area contributed by atoms with Gasteiger partial charge < -0.3 is 15.7 Å². The van der Waals surface area contributed by atoms with Crippen molar-refractivity contribution >= 4 is 29.2 Å². The van der Waals surface area contributed by atoms with Crippen molar-refractivity contribution in [3.05, 3.63) is 24.0 Å². The monoisotopic (exact) mass is 376 g/mol. The van der Waals surface area contributed by atoms with E-state index < -0.39 is 17.7 Å². The Morgan fingerprint density at radius 2 is 1.56 bits per heavy atom. The van der Waals surface area contributed by atoms with E-state index in [0.717, 1.165) is 32.1 Å². The molecule has 2 atom stereocenters. The Labute approximate surface area is 157 Å². The minimum atomic E-state index is -0.875. The molecule has 2 amide bonds. The van der Waals surface area contributed by atoms with Crippen LogP contribution < -0.4 is 10.6 Å². The minimum Gasteiger partial charge on any atom is -0.481 e. The van der Waals surface area contributed by atoms with Crippen LogP contribution in [0.25, 0.3) is 0 Å². The fourth-order valence-corrected chi connectivity index (χ4v) is 3.99. The van der Waals surface area contributed by atoms with Gasteiger partial charge in [0.15, 0.2) is 0 Å². The van der Waals surface area contributed by atoms with Gasteiger partial charge in [-0.05, 0) is 50.3 Å². The molecular formula is C20H25FN2O4. The third kappa shape index (κ3) is 4.84. The molecule has 0 saturated heterocycles. The molecule has 3 N–H and O–H groups in total. The number of hydrogen-bond acceptors (Lipinski definition) is 3. The molecule has 1 aromatic rings. The molecule has 0 bridgehead atoms. The van der Waals surface area contributed by atoms with E-state index >= 15 is 0 Å². The second kappa shape index (κ2) is 8.50. The number of carbonyl (C=O) groups is 3. The molecule has 0 radical (unpaired) electrons. The van der Waals surface area contributed by atoms with Gasteiger partial charge in [-0.15, -0.1) is 0 Å². The highest BCUT2D eigenvalue weighted by Gasteiger charge is 2.33. The summed E-state index contributed by atoms with van der Waals surface area (Å²) < 4.78 is 14.1. The summed E-state index contributed by atoms with van der Waals surface area (Å²) in [6.45, 7) is 0. The zero-order valence-corrected chi connectivity index (χ0v) is 15.2. The number of nitrogens with one attached hydrogen (secondary N) is 2. The maximum Gasteiger partial charge on any atom is 0.306 e. The van der Waals surface area contributed by atoms with E-state index in [0.29, 0.717) is 24.9 Å². The fraction of sp³-hybridized carbons (Fsp3) is 0.550. The number of carboxylic acids is 1. The summed E-state index contributed by atoms with van der Waals surface area (Å²) in [5.74, 6) is -2.82. The Hall–Kier alpha value is -2.44. The van der Waals surface area contributed by atoms with Crippen molar-refractivity contribution in [2.24, 2.45) is 17.8 Å². The first-order valence-electron chi connectivity index (χ1n) is 9.58. The van der Waals surface area contributed by atoms with Gasteiger partial charge in [0.1, 0.15) is 5.82 Å². The average molecular weight is 376 g/mol. The van der Waals surface area contributed by atoms with Crippen LogP contribution in [-0.4, -0.2) is 22.9 Å². The molecule has 6 nitrogen and oxygen atoms in total. The Bertz CT molecular complexity index is 731. The van der Waals surface area contributed by atoms with Gasteiger partial charge in [0, 0.05) is 17.5 Å². The average Bonchev–Trinajstić information content (AvgIpc) is 3.16. The molecule has 2 fully saturated rings. The van der Waals surface area contributed by atoms with Crippen LogP contribution in [0.15, 0.2) is 18.2 Å². The van der Waals surface area contributed by atoms with Gasteiger partial charge >= 0.3 is 5.97 Å². The number of anilines is 2. The van der Waals surface area contributed by atoms with E-state index in [-0.39, 0.29) is 29.3 Å². The molecule has 0 heterocycles. The van der Waals surface area contributed by atoms with Crippen molar-refractivity contribution in [3.63, 3.8) is 0 Å². The standard InChI is InChI=1S/C20H25FN2O4/c21-16-9-8-15(22-19(25)13-6-7-14(10-13)20(26)27)11-17(16)23-18(24)12-4-2-1-3-5-12/h8-9,11-14H,1-7,10H2,(H,22,25)(H,23,24)(H,26,27)/t13-,14+/m0/s1. The van der Waals surface area contributed by atoms with Gasteiger partial charge in [-0.25, -0.2) is 4.39 Å². The van der Waals surface area contributed by atoms with Crippen molar-refractivity contribution < 1.29 is 23.9 Å². The minimum absolute atomic E-state index is 0.0539. The summed E-state index contributed by atoms with van der Waals surface area (Å²) in [7, 11) is 0. The van der Waals surface area contributed by atoms with E-state index in [1.54, 1.807) is 0 Å². The van der Waals surface area contributed by atoms with Crippen molar-refractivity contribution in [2.75, 3.05) is 10.6 Å². The van der Waals surface area contributed by atoms with E-state index in [1.807, 2.05) is 0 Å². The molecule has 146 valence electrons. The summed E-state index contributed by atoms with van der Waals surface area (Å²) in [5, 5.41) is 14.4. The van der Waals surface area contributed by atoms with E-state index in [4.69, 9.17) is 5.11 Å². The lowest BCUT2D eigenvalue weighted by Crippen LogP contribution is -2.25. The maximum atomic E-state index is 14.1. The Morgan fingerprint density at radius 3 is 2.22 bits per heavy atom. The van der Waals surface area contributed by atoms with Crippen LogP contribution in [0.4, 0.5) is 15.8 Å². The number of amides is 2. The molecule has 0 unspecified atom stereocenters. The predicted molar refractivity (Wildman–Crippen MR) is 98.7 cm³/mol. The third-order valence-corrected chi connectivity index (χ3v) is 5.62. The van der Waals surface area contributed by atoms with Crippen LogP contribution in [0.2, 0.25) is 0 Å². The van der Waals surface area contributed by atoms with Gasteiger partial charge in [-0.3, -0.25) is 14.4 Å². The summed E-state index contributed by atoms with van der Waals surface area (Å²) in [4.78, 5) is 35.7. The number of halogens is 1. The lowest BCUT2D eigenvalue weighted by molar-refractivity contribution is -0.141. The summed E-state index contributed by atoms with van der Waals surface area (Å²) >= 11 is 0. The van der Waals surface area contributed by atoms with Crippen LogP contribution in [0, 0.1) is 23.6 Å². The highest BCUT2D eigenvalue weighted by atomic mass is 19.1. The number of benzene rings is 1. The normalized spacial score (nSPS) is 23.0. The van der Waals surface area contributed by atoms with Gasteiger partial charge in [0.25, 0.3) is 0 Å². The second-order valence-electron chi connectivity index (χ2n) is 7.55. The fourth-order valence-electron chi connectivity index (χ4n) is 3.99. The molecule has 0 aromatic heterocycles. The molecule has 0 spiro atoms. The van der Waals surface area contributed by atoms with Crippen LogP contribution in [0.5, 0.6) is 0 Å². The quantitative estimate of drug-likeness (QED) is 0.729.